The largest absolute Gasteiger partial charge is 0.434 e. The summed E-state index contributed by atoms with van der Waals surface area (Å²) in [6.45, 7) is -3.06. The Labute approximate surface area is 126 Å². The Hall–Kier alpha value is -2.82. The fourth-order valence-corrected chi connectivity index (χ4v) is 2.00. The third-order valence-electron chi connectivity index (χ3n) is 2.31. The SMILES string of the molecule is Nc1csc(NN=Cc2cc([N+](=O)[O-])ccc2OC(F)F)n1. The summed E-state index contributed by atoms with van der Waals surface area (Å²) >= 11 is 1.19. The minimum Gasteiger partial charge on any atom is -0.434 e. The van der Waals surface area contributed by atoms with Gasteiger partial charge in [-0.2, -0.15) is 13.9 Å². The van der Waals surface area contributed by atoms with Gasteiger partial charge in [-0.25, -0.2) is 4.98 Å². The van der Waals surface area contributed by atoms with Crippen molar-refractivity contribution in [2.24, 2.45) is 5.10 Å². The van der Waals surface area contributed by atoms with Gasteiger partial charge in [-0.1, -0.05) is 0 Å². The van der Waals surface area contributed by atoms with E-state index in [1.54, 1.807) is 5.38 Å². The van der Waals surface area contributed by atoms with Gasteiger partial charge in [-0.05, 0) is 6.07 Å². The molecule has 2 aromatic rings. The number of thiazole rings is 1. The third-order valence-corrected chi connectivity index (χ3v) is 3.07. The number of benzene rings is 1. The van der Waals surface area contributed by atoms with Crippen LogP contribution in [0.3, 0.4) is 0 Å². The van der Waals surface area contributed by atoms with Gasteiger partial charge in [0.05, 0.1) is 11.1 Å². The number of nitrogens with zero attached hydrogens (tertiary/aromatic N) is 3. The lowest BCUT2D eigenvalue weighted by Crippen LogP contribution is -2.05. The zero-order valence-corrected chi connectivity index (χ0v) is 11.6. The fraction of sp³-hybridized carbons (Fsp3) is 0.0909. The Morgan fingerprint density at radius 3 is 2.91 bits per heavy atom. The molecule has 0 fully saturated rings. The molecule has 2 rings (SSSR count). The van der Waals surface area contributed by atoms with Gasteiger partial charge < -0.3 is 10.5 Å². The number of hydrazone groups is 1. The standard InChI is InChI=1S/C11H9F2N5O3S/c12-10(13)21-8-2-1-7(18(19)20)3-6(8)4-15-17-11-16-9(14)5-22-11/h1-5,10H,14H2,(H,16,17). The van der Waals surface area contributed by atoms with Crippen LogP contribution in [0.4, 0.5) is 25.4 Å². The number of nitro benzene ring substituents is 1. The Morgan fingerprint density at radius 1 is 1.55 bits per heavy atom. The maximum Gasteiger partial charge on any atom is 0.387 e. The molecule has 0 saturated carbocycles. The predicted octanol–water partition coefficient (Wildman–Crippen LogP) is 2.68. The molecule has 11 heteroatoms. The third kappa shape index (κ3) is 4.09. The Bertz CT molecular complexity index is 707. The van der Waals surface area contributed by atoms with E-state index in [0.717, 1.165) is 24.4 Å². The molecule has 0 aliphatic rings. The summed E-state index contributed by atoms with van der Waals surface area (Å²) in [5.74, 6) is 0.0737. The number of nitrogens with one attached hydrogen (secondary N) is 1. The van der Waals surface area contributed by atoms with Crippen molar-refractivity contribution in [3.05, 3.63) is 39.3 Å². The molecule has 22 heavy (non-hydrogen) atoms. The highest BCUT2D eigenvalue weighted by atomic mass is 32.1. The van der Waals surface area contributed by atoms with Crippen molar-refractivity contribution in [3.63, 3.8) is 0 Å². The molecular formula is C11H9F2N5O3S. The van der Waals surface area contributed by atoms with Gasteiger partial charge in [-0.15, -0.1) is 11.3 Å². The molecule has 0 unspecified atom stereocenters. The molecule has 8 nitrogen and oxygen atoms in total. The van der Waals surface area contributed by atoms with Gasteiger partial charge in [0.15, 0.2) is 0 Å². The number of non-ortho nitro benzene ring substituents is 1. The molecule has 0 aliphatic carbocycles. The summed E-state index contributed by atoms with van der Waals surface area (Å²) < 4.78 is 28.9. The molecule has 0 radical (unpaired) electrons. The molecule has 0 saturated heterocycles. The first-order valence-corrected chi connectivity index (χ1v) is 6.57. The summed E-state index contributed by atoms with van der Waals surface area (Å²) in [5.41, 5.74) is 7.69. The molecular weight excluding hydrogens is 320 g/mol. The first kappa shape index (κ1) is 15.6. The van der Waals surface area contributed by atoms with Gasteiger partial charge in [0.2, 0.25) is 5.13 Å². The molecule has 1 aromatic heterocycles. The van der Waals surface area contributed by atoms with E-state index in [2.05, 4.69) is 20.2 Å². The van der Waals surface area contributed by atoms with Crippen LogP contribution in [-0.2, 0) is 0 Å². The number of ether oxygens (including phenoxy) is 1. The van der Waals surface area contributed by atoms with Crippen LogP contribution in [0.5, 0.6) is 5.75 Å². The number of hydrogen-bond donors (Lipinski definition) is 2. The molecule has 0 amide bonds. The van der Waals surface area contributed by atoms with E-state index in [-0.39, 0.29) is 17.0 Å². The summed E-state index contributed by atoms with van der Waals surface area (Å²) in [7, 11) is 0. The van der Waals surface area contributed by atoms with E-state index < -0.39 is 11.5 Å². The van der Waals surface area contributed by atoms with Crippen molar-refractivity contribution in [3.8, 4) is 5.75 Å². The second-order valence-electron chi connectivity index (χ2n) is 3.81. The second-order valence-corrected chi connectivity index (χ2v) is 4.66. The summed E-state index contributed by atoms with van der Waals surface area (Å²) in [5, 5.41) is 16.4. The Morgan fingerprint density at radius 2 is 2.32 bits per heavy atom. The Kier molecular flexibility index (Phi) is 4.78. The van der Waals surface area contributed by atoms with E-state index in [4.69, 9.17) is 5.73 Å². The van der Waals surface area contributed by atoms with Crippen LogP contribution in [0.25, 0.3) is 0 Å². The number of rotatable bonds is 6. The number of hydrogen-bond acceptors (Lipinski definition) is 8. The minimum absolute atomic E-state index is 0.0199. The molecule has 0 aliphatic heterocycles. The number of alkyl halides is 2. The maximum atomic E-state index is 12.3. The predicted molar refractivity (Wildman–Crippen MR) is 77.5 cm³/mol. The van der Waals surface area contributed by atoms with E-state index in [1.165, 1.54) is 11.3 Å². The maximum absolute atomic E-state index is 12.3. The van der Waals surface area contributed by atoms with Gasteiger partial charge >= 0.3 is 6.61 Å². The lowest BCUT2D eigenvalue weighted by molar-refractivity contribution is -0.384. The fourth-order valence-electron chi connectivity index (χ4n) is 1.45. The number of aromatic nitrogens is 1. The smallest absolute Gasteiger partial charge is 0.387 e. The number of halogens is 2. The van der Waals surface area contributed by atoms with Crippen molar-refractivity contribution in [1.29, 1.82) is 0 Å². The highest BCUT2D eigenvalue weighted by Gasteiger charge is 2.13. The van der Waals surface area contributed by atoms with Gasteiger partial charge in [-0.3, -0.25) is 15.5 Å². The van der Waals surface area contributed by atoms with Crippen molar-refractivity contribution in [1.82, 2.24) is 4.98 Å². The molecule has 0 spiro atoms. The first-order valence-electron chi connectivity index (χ1n) is 5.69. The highest BCUT2D eigenvalue weighted by Crippen LogP contribution is 2.24. The quantitative estimate of drug-likeness (QED) is 0.478. The van der Waals surface area contributed by atoms with Crippen LogP contribution in [0.1, 0.15) is 5.56 Å². The normalized spacial score (nSPS) is 11.0. The summed E-state index contributed by atoms with van der Waals surface area (Å²) in [6, 6.07) is 3.20. The van der Waals surface area contributed by atoms with Crippen LogP contribution in [0, 0.1) is 10.1 Å². The van der Waals surface area contributed by atoms with Crippen LogP contribution < -0.4 is 15.9 Å². The summed E-state index contributed by atoms with van der Waals surface area (Å²) in [4.78, 5) is 13.9. The van der Waals surface area contributed by atoms with Crippen LogP contribution in [-0.4, -0.2) is 22.7 Å². The molecule has 1 aromatic carbocycles. The van der Waals surface area contributed by atoms with E-state index in [1.807, 2.05) is 0 Å². The lowest BCUT2D eigenvalue weighted by atomic mass is 10.2. The topological polar surface area (TPSA) is 116 Å². The Balaban J connectivity index is 2.21. The van der Waals surface area contributed by atoms with Crippen molar-refractivity contribution >= 4 is 34.2 Å². The average molecular weight is 329 g/mol. The molecule has 1 heterocycles. The van der Waals surface area contributed by atoms with Crippen molar-refractivity contribution < 1.29 is 18.4 Å². The lowest BCUT2D eigenvalue weighted by Gasteiger charge is -2.07. The highest BCUT2D eigenvalue weighted by molar-refractivity contribution is 7.14. The average Bonchev–Trinajstić information content (AvgIpc) is 2.85. The van der Waals surface area contributed by atoms with E-state index >= 15 is 0 Å². The van der Waals surface area contributed by atoms with E-state index in [0.29, 0.717) is 10.9 Å². The summed E-state index contributed by atoms with van der Waals surface area (Å²) in [6.07, 6.45) is 1.11. The monoisotopic (exact) mass is 329 g/mol. The van der Waals surface area contributed by atoms with E-state index in [9.17, 15) is 18.9 Å². The molecule has 3 N–H and O–H groups in total. The van der Waals surface area contributed by atoms with Gasteiger partial charge in [0.25, 0.3) is 5.69 Å². The van der Waals surface area contributed by atoms with Gasteiger partial charge in [0, 0.05) is 23.1 Å². The zero-order chi connectivity index (χ0) is 16.1. The van der Waals surface area contributed by atoms with Crippen molar-refractivity contribution in [2.75, 3.05) is 11.2 Å². The number of nitrogen functional groups attached to an aromatic ring is 1. The number of nitrogens with two attached hydrogens (primary N) is 1. The molecule has 116 valence electrons. The minimum atomic E-state index is -3.06. The van der Waals surface area contributed by atoms with Crippen LogP contribution >= 0.6 is 11.3 Å². The molecule has 0 bridgehead atoms. The second kappa shape index (κ2) is 6.76. The zero-order valence-electron chi connectivity index (χ0n) is 10.8. The molecule has 0 atom stereocenters. The van der Waals surface area contributed by atoms with Gasteiger partial charge in [0.1, 0.15) is 11.6 Å². The van der Waals surface area contributed by atoms with Crippen molar-refractivity contribution in [2.45, 2.75) is 6.61 Å². The first-order chi connectivity index (χ1) is 10.5. The number of nitro groups is 1. The van der Waals surface area contributed by atoms with Crippen LogP contribution in [0.2, 0.25) is 0 Å². The number of anilines is 2. The van der Waals surface area contributed by atoms with Crippen LogP contribution in [0.15, 0.2) is 28.7 Å².